The van der Waals surface area contributed by atoms with Gasteiger partial charge in [-0.3, -0.25) is 9.59 Å². The van der Waals surface area contributed by atoms with Crippen molar-refractivity contribution in [2.24, 2.45) is 10.8 Å². The molecule has 5 rings (SSSR count). The summed E-state index contributed by atoms with van der Waals surface area (Å²) in [5.41, 5.74) is 7.66. The van der Waals surface area contributed by atoms with Crippen LogP contribution in [0, 0.1) is 17.8 Å². The van der Waals surface area contributed by atoms with Crippen molar-refractivity contribution in [3.8, 4) is 11.5 Å². The van der Waals surface area contributed by atoms with Crippen LogP contribution >= 0.6 is 0 Å². The Morgan fingerprint density at radius 1 is 0.886 bits per heavy atom. The second kappa shape index (κ2) is 12.4. The van der Waals surface area contributed by atoms with E-state index >= 15 is 0 Å². The van der Waals surface area contributed by atoms with Gasteiger partial charge in [0, 0.05) is 53.4 Å². The molecule has 0 aromatic heterocycles. The Morgan fingerprint density at radius 2 is 1.48 bits per heavy atom. The third-order valence-electron chi connectivity index (χ3n) is 9.12. The van der Waals surface area contributed by atoms with E-state index in [1.807, 2.05) is 19.1 Å². The van der Waals surface area contributed by atoms with E-state index in [-0.39, 0.29) is 22.4 Å². The number of ketones is 2. The maximum Gasteiger partial charge on any atom is 0.165 e. The number of carbonyl (C=O) groups excluding carboxylic acids is 2. The first kappa shape index (κ1) is 31.8. The summed E-state index contributed by atoms with van der Waals surface area (Å²) in [6.07, 6.45) is 5.95. The second-order valence-electron chi connectivity index (χ2n) is 14.4. The van der Waals surface area contributed by atoms with E-state index in [2.05, 4.69) is 83.4 Å². The van der Waals surface area contributed by atoms with Gasteiger partial charge in [0.2, 0.25) is 0 Å². The first-order valence-corrected chi connectivity index (χ1v) is 16.3. The van der Waals surface area contributed by atoms with Crippen LogP contribution in [0.15, 0.2) is 71.6 Å². The maximum absolute atomic E-state index is 14.2. The van der Waals surface area contributed by atoms with Gasteiger partial charge >= 0.3 is 0 Å². The molecule has 0 amide bonds. The van der Waals surface area contributed by atoms with Crippen molar-refractivity contribution in [1.29, 1.82) is 0 Å². The molecular weight excluding hydrogens is 546 g/mol. The lowest BCUT2D eigenvalue weighted by molar-refractivity contribution is -0.119. The van der Waals surface area contributed by atoms with Gasteiger partial charge in [0.1, 0.15) is 6.61 Å². The lowest BCUT2D eigenvalue weighted by Gasteiger charge is -2.49. The quantitative estimate of drug-likeness (QED) is 0.257. The molecule has 5 heteroatoms. The molecule has 1 aliphatic heterocycles. The SMILES string of the molecule is C=CCc1cc(C2C3=C(CC(C)(C)CC3=O)N(CCC)C3=C2C(=O)CC(C)(C)C3)cc(OCC)c1OCc1ccc(C)cc1. The molecule has 0 saturated heterocycles. The molecule has 2 aromatic carbocycles. The minimum absolute atomic E-state index is 0.142. The molecule has 5 nitrogen and oxygen atoms in total. The Morgan fingerprint density at radius 3 is 2.00 bits per heavy atom. The first-order valence-electron chi connectivity index (χ1n) is 16.3. The predicted molar refractivity (Wildman–Crippen MR) is 177 cm³/mol. The van der Waals surface area contributed by atoms with Gasteiger partial charge in [-0.25, -0.2) is 0 Å². The summed E-state index contributed by atoms with van der Waals surface area (Å²) < 4.78 is 12.7. The van der Waals surface area contributed by atoms with Crippen LogP contribution in [0.4, 0.5) is 0 Å². The van der Waals surface area contributed by atoms with Crippen molar-refractivity contribution >= 4 is 11.6 Å². The van der Waals surface area contributed by atoms with Crippen molar-refractivity contribution in [2.75, 3.05) is 13.2 Å². The van der Waals surface area contributed by atoms with Crippen LogP contribution in [-0.2, 0) is 22.6 Å². The number of benzene rings is 2. The smallest absolute Gasteiger partial charge is 0.165 e. The average molecular weight is 596 g/mol. The standard InChI is InChI=1S/C39H49NO4/c1-9-12-27-18-28(19-33(43-11-3)37(27)44-24-26-15-13-25(4)14-16-26)34-35-29(20-38(5,6)22-31(35)41)40(17-10-2)30-21-39(7,8)23-32(42)36(30)34/h9,13-16,18-19,34H,1,10-12,17,20-24H2,2-8H3. The third-order valence-corrected chi connectivity index (χ3v) is 9.12. The molecule has 0 fully saturated rings. The molecule has 0 unspecified atom stereocenters. The summed E-state index contributed by atoms with van der Waals surface area (Å²) in [7, 11) is 0. The first-order chi connectivity index (χ1) is 20.9. The highest BCUT2D eigenvalue weighted by atomic mass is 16.5. The fourth-order valence-electron chi connectivity index (χ4n) is 7.30. The molecule has 0 spiro atoms. The Kier molecular flexibility index (Phi) is 8.98. The zero-order valence-corrected chi connectivity index (χ0v) is 27.8. The second-order valence-corrected chi connectivity index (χ2v) is 14.4. The van der Waals surface area contributed by atoms with E-state index in [1.54, 1.807) is 0 Å². The number of carbonyl (C=O) groups is 2. The molecule has 1 heterocycles. The largest absolute Gasteiger partial charge is 0.490 e. The fraction of sp³-hybridized carbons (Fsp3) is 0.487. The average Bonchev–Trinajstić information content (AvgIpc) is 2.93. The van der Waals surface area contributed by atoms with E-state index < -0.39 is 5.92 Å². The molecule has 0 atom stereocenters. The van der Waals surface area contributed by atoms with E-state index in [4.69, 9.17) is 9.47 Å². The van der Waals surface area contributed by atoms with Gasteiger partial charge in [0.15, 0.2) is 23.1 Å². The van der Waals surface area contributed by atoms with Gasteiger partial charge in [-0.2, -0.15) is 0 Å². The number of allylic oxidation sites excluding steroid dienone is 5. The zero-order chi connectivity index (χ0) is 31.8. The van der Waals surface area contributed by atoms with Crippen molar-refractivity contribution in [3.05, 3.63) is 93.8 Å². The third kappa shape index (κ3) is 6.29. The van der Waals surface area contributed by atoms with E-state index in [0.29, 0.717) is 44.0 Å². The maximum atomic E-state index is 14.2. The van der Waals surface area contributed by atoms with Crippen molar-refractivity contribution in [3.63, 3.8) is 0 Å². The number of rotatable bonds is 10. The number of Topliss-reactive ketones (excluding diaryl/α,β-unsaturated/α-hetero) is 2. The summed E-state index contributed by atoms with van der Waals surface area (Å²) in [6.45, 7) is 20.6. The summed E-state index contributed by atoms with van der Waals surface area (Å²) in [5.74, 6) is 1.20. The zero-order valence-electron chi connectivity index (χ0n) is 27.8. The summed E-state index contributed by atoms with van der Waals surface area (Å²) in [6, 6.07) is 12.5. The van der Waals surface area contributed by atoms with Crippen molar-refractivity contribution < 1.29 is 19.1 Å². The predicted octanol–water partition coefficient (Wildman–Crippen LogP) is 8.80. The normalized spacial score (nSPS) is 19.6. The summed E-state index contributed by atoms with van der Waals surface area (Å²) in [5, 5.41) is 0. The number of hydrogen-bond acceptors (Lipinski definition) is 5. The molecule has 234 valence electrons. The van der Waals surface area contributed by atoms with Gasteiger partial charge in [-0.1, -0.05) is 76.6 Å². The molecule has 0 saturated carbocycles. The van der Waals surface area contributed by atoms with Crippen LogP contribution in [0.1, 0.15) is 102 Å². The van der Waals surface area contributed by atoms with Gasteiger partial charge in [-0.15, -0.1) is 6.58 Å². The molecule has 0 radical (unpaired) electrons. The number of ether oxygens (including phenoxy) is 2. The minimum Gasteiger partial charge on any atom is -0.490 e. The van der Waals surface area contributed by atoms with E-state index in [9.17, 15) is 9.59 Å². The Balaban J connectivity index is 1.71. The Hall–Kier alpha value is -3.60. The van der Waals surface area contributed by atoms with Crippen LogP contribution < -0.4 is 9.47 Å². The van der Waals surface area contributed by atoms with Crippen LogP contribution in [0.25, 0.3) is 0 Å². The monoisotopic (exact) mass is 595 g/mol. The highest BCUT2D eigenvalue weighted by Crippen LogP contribution is 2.55. The van der Waals surface area contributed by atoms with Crippen LogP contribution in [0.2, 0.25) is 0 Å². The lowest BCUT2D eigenvalue weighted by atomic mass is 9.63. The number of hydrogen-bond donors (Lipinski definition) is 0. The molecule has 44 heavy (non-hydrogen) atoms. The molecule has 2 aliphatic carbocycles. The fourth-order valence-corrected chi connectivity index (χ4v) is 7.30. The van der Waals surface area contributed by atoms with Gasteiger partial charge < -0.3 is 14.4 Å². The lowest BCUT2D eigenvalue weighted by Crippen LogP contribution is -2.44. The number of nitrogens with zero attached hydrogens (tertiary/aromatic N) is 1. The van der Waals surface area contributed by atoms with Crippen molar-refractivity contribution in [1.82, 2.24) is 4.90 Å². The topological polar surface area (TPSA) is 55.8 Å². The molecule has 3 aliphatic rings. The summed E-state index contributed by atoms with van der Waals surface area (Å²) in [4.78, 5) is 30.7. The van der Waals surface area contributed by atoms with Crippen LogP contribution in [0.3, 0.4) is 0 Å². The molecule has 0 bridgehead atoms. The van der Waals surface area contributed by atoms with Crippen LogP contribution in [0.5, 0.6) is 11.5 Å². The van der Waals surface area contributed by atoms with Gasteiger partial charge in [-0.05, 0) is 67.6 Å². The van der Waals surface area contributed by atoms with Crippen LogP contribution in [-0.4, -0.2) is 29.6 Å². The molecular formula is C39H49NO4. The van der Waals surface area contributed by atoms with Gasteiger partial charge in [0.05, 0.1) is 6.61 Å². The van der Waals surface area contributed by atoms with Gasteiger partial charge in [0.25, 0.3) is 0 Å². The highest BCUT2D eigenvalue weighted by molar-refractivity contribution is 6.06. The van der Waals surface area contributed by atoms with E-state index in [1.165, 1.54) is 5.56 Å². The van der Waals surface area contributed by atoms with Crippen molar-refractivity contribution in [2.45, 2.75) is 99.5 Å². The molecule has 2 aromatic rings. The van der Waals surface area contributed by atoms with E-state index in [0.717, 1.165) is 65.0 Å². The number of aryl methyl sites for hydroxylation is 1. The summed E-state index contributed by atoms with van der Waals surface area (Å²) >= 11 is 0. The Bertz CT molecular complexity index is 1470. The molecule has 0 N–H and O–H groups in total. The Labute approximate surface area is 264 Å². The minimum atomic E-state index is -0.422. The highest BCUT2D eigenvalue weighted by Gasteiger charge is 2.49.